The molecule has 1 aromatic carbocycles. The highest BCUT2D eigenvalue weighted by atomic mass is 16.6. The fourth-order valence-electron chi connectivity index (χ4n) is 4.41. The zero-order valence-electron chi connectivity index (χ0n) is 21.4. The van der Waals surface area contributed by atoms with Crippen molar-refractivity contribution >= 4 is 29.3 Å². The fraction of sp³-hybridized carbons (Fsp3) is 0.577. The molecular formula is C26H37N3O5. The van der Waals surface area contributed by atoms with Gasteiger partial charge < -0.3 is 24.0 Å². The van der Waals surface area contributed by atoms with Gasteiger partial charge in [0.25, 0.3) is 0 Å². The average molecular weight is 472 g/mol. The van der Waals surface area contributed by atoms with Crippen molar-refractivity contribution in [3.05, 3.63) is 35.0 Å². The minimum atomic E-state index is -0.614. The number of rotatable bonds is 9. The largest absolute Gasteiger partial charge is 0.465 e. The Morgan fingerprint density at radius 1 is 1.09 bits per heavy atom. The van der Waals surface area contributed by atoms with Gasteiger partial charge >= 0.3 is 11.9 Å². The summed E-state index contributed by atoms with van der Waals surface area (Å²) in [6, 6.07) is 5.28. The number of carbonyl (C=O) groups excluding carboxylic acids is 2. The Labute approximate surface area is 202 Å². The SMILES string of the molecule is CCCCC1C(C(=O)OC(C)(C)C)=C(C)N=C2N(CCCOC)c3ccc(C(=O)OC)cc3N21. The molecule has 0 spiro atoms. The topological polar surface area (TPSA) is 80.7 Å². The fourth-order valence-corrected chi connectivity index (χ4v) is 4.41. The quantitative estimate of drug-likeness (QED) is 0.382. The summed E-state index contributed by atoms with van der Waals surface area (Å²) in [7, 11) is 3.06. The van der Waals surface area contributed by atoms with E-state index in [0.29, 0.717) is 30.0 Å². The summed E-state index contributed by atoms with van der Waals surface area (Å²) in [5.74, 6) is 0.0109. The predicted octanol–water partition coefficient (Wildman–Crippen LogP) is 4.68. The van der Waals surface area contributed by atoms with Crippen LogP contribution in [0.15, 0.2) is 34.5 Å². The van der Waals surface area contributed by atoms with Crippen LogP contribution in [0, 0.1) is 0 Å². The third-order valence-electron chi connectivity index (χ3n) is 5.89. The number of hydrogen-bond donors (Lipinski definition) is 0. The van der Waals surface area contributed by atoms with Gasteiger partial charge in [0.05, 0.1) is 41.4 Å². The van der Waals surface area contributed by atoms with Gasteiger partial charge in [-0.15, -0.1) is 0 Å². The highest BCUT2D eigenvalue weighted by Crippen LogP contribution is 2.44. The molecule has 0 saturated heterocycles. The number of methoxy groups -OCH3 is 2. The molecule has 1 unspecified atom stereocenters. The van der Waals surface area contributed by atoms with Crippen molar-refractivity contribution in [2.45, 2.75) is 71.9 Å². The second kappa shape index (κ2) is 10.6. The first-order valence-corrected chi connectivity index (χ1v) is 11.9. The van der Waals surface area contributed by atoms with Crippen molar-refractivity contribution in [1.29, 1.82) is 0 Å². The summed E-state index contributed by atoms with van der Waals surface area (Å²) in [6.07, 6.45) is 3.49. The van der Waals surface area contributed by atoms with Crippen LogP contribution in [0.5, 0.6) is 0 Å². The van der Waals surface area contributed by atoms with Crippen molar-refractivity contribution in [2.75, 3.05) is 37.2 Å². The first-order valence-electron chi connectivity index (χ1n) is 11.9. The molecule has 0 saturated carbocycles. The smallest absolute Gasteiger partial charge is 0.338 e. The van der Waals surface area contributed by atoms with E-state index in [9.17, 15) is 9.59 Å². The number of anilines is 2. The molecule has 0 aliphatic carbocycles. The Morgan fingerprint density at radius 2 is 1.82 bits per heavy atom. The zero-order valence-corrected chi connectivity index (χ0v) is 21.4. The molecular weight excluding hydrogens is 434 g/mol. The number of fused-ring (bicyclic) bond motifs is 3. The van der Waals surface area contributed by atoms with Gasteiger partial charge in [-0.1, -0.05) is 19.8 Å². The molecule has 8 heteroatoms. The number of aliphatic imine (C=N–C) groups is 1. The summed E-state index contributed by atoms with van der Waals surface area (Å²) in [6.45, 7) is 10.9. The molecule has 8 nitrogen and oxygen atoms in total. The van der Waals surface area contributed by atoms with Gasteiger partial charge in [0.2, 0.25) is 5.96 Å². The molecule has 2 aliphatic heterocycles. The predicted molar refractivity (Wildman–Crippen MR) is 133 cm³/mol. The maximum Gasteiger partial charge on any atom is 0.338 e. The molecule has 1 aromatic rings. The molecule has 0 amide bonds. The van der Waals surface area contributed by atoms with E-state index in [1.54, 1.807) is 13.2 Å². The number of benzene rings is 1. The lowest BCUT2D eigenvalue weighted by molar-refractivity contribution is -0.150. The number of unbranched alkanes of at least 4 members (excludes halogenated alkanes) is 1. The summed E-state index contributed by atoms with van der Waals surface area (Å²) in [5.41, 5.74) is 2.87. The summed E-state index contributed by atoms with van der Waals surface area (Å²) >= 11 is 0. The molecule has 34 heavy (non-hydrogen) atoms. The molecule has 0 fully saturated rings. The maximum atomic E-state index is 13.3. The number of nitrogens with zero attached hydrogens (tertiary/aromatic N) is 3. The molecule has 0 aromatic heterocycles. The third-order valence-corrected chi connectivity index (χ3v) is 5.89. The monoisotopic (exact) mass is 471 g/mol. The van der Waals surface area contributed by atoms with Crippen LogP contribution in [0.4, 0.5) is 11.4 Å². The second-order valence-corrected chi connectivity index (χ2v) is 9.63. The third kappa shape index (κ3) is 5.27. The van der Waals surface area contributed by atoms with Gasteiger partial charge in [-0.2, -0.15) is 0 Å². The maximum absolute atomic E-state index is 13.3. The number of esters is 2. The van der Waals surface area contributed by atoms with Crippen LogP contribution in [0.1, 0.15) is 70.7 Å². The van der Waals surface area contributed by atoms with Crippen molar-refractivity contribution < 1.29 is 23.8 Å². The summed E-state index contributed by atoms with van der Waals surface area (Å²) in [5, 5.41) is 0. The summed E-state index contributed by atoms with van der Waals surface area (Å²) in [4.78, 5) is 34.8. The van der Waals surface area contributed by atoms with Crippen LogP contribution in [0.3, 0.4) is 0 Å². The van der Waals surface area contributed by atoms with E-state index in [2.05, 4.69) is 16.7 Å². The van der Waals surface area contributed by atoms with Crippen LogP contribution in [-0.2, 0) is 19.0 Å². The molecule has 3 rings (SSSR count). The number of hydrogen-bond acceptors (Lipinski definition) is 8. The van der Waals surface area contributed by atoms with Crippen LogP contribution in [0.2, 0.25) is 0 Å². The van der Waals surface area contributed by atoms with Crippen LogP contribution in [-0.4, -0.2) is 56.9 Å². The number of allylic oxidation sites excluding steroid dienone is 1. The van der Waals surface area contributed by atoms with Crippen molar-refractivity contribution in [3.63, 3.8) is 0 Å². The molecule has 0 bridgehead atoms. The molecule has 2 heterocycles. The Kier molecular flexibility index (Phi) is 8.02. The highest BCUT2D eigenvalue weighted by molar-refractivity contribution is 6.19. The first kappa shape index (κ1) is 25.7. The van der Waals surface area contributed by atoms with Gasteiger partial charge in [-0.3, -0.25) is 0 Å². The van der Waals surface area contributed by atoms with Gasteiger partial charge in [0.15, 0.2) is 0 Å². The lowest BCUT2D eigenvalue weighted by Gasteiger charge is -2.36. The van der Waals surface area contributed by atoms with Crippen LogP contribution >= 0.6 is 0 Å². The van der Waals surface area contributed by atoms with Crippen molar-refractivity contribution in [2.24, 2.45) is 4.99 Å². The molecule has 0 N–H and O–H groups in total. The van der Waals surface area contributed by atoms with Gasteiger partial charge in [0.1, 0.15) is 5.60 Å². The Bertz CT molecular complexity index is 993. The van der Waals surface area contributed by atoms with Gasteiger partial charge in [0, 0.05) is 20.3 Å². The molecule has 1 atom stereocenters. The summed E-state index contributed by atoms with van der Waals surface area (Å²) < 4.78 is 16.0. The standard InChI is InChI=1S/C26H37N3O5/c1-8-9-11-20-22(24(31)34-26(3,4)5)17(2)27-25-28(14-10-15-32-6)19-13-12-18(23(30)33-7)16-21(19)29(20)25/h12-13,16,20H,8-11,14-15H2,1-7H3. The van der Waals surface area contributed by atoms with E-state index in [4.69, 9.17) is 19.2 Å². The van der Waals surface area contributed by atoms with E-state index in [-0.39, 0.29) is 12.0 Å². The Morgan fingerprint density at radius 3 is 2.44 bits per heavy atom. The van der Waals surface area contributed by atoms with Gasteiger partial charge in [-0.05, 0) is 58.7 Å². The van der Waals surface area contributed by atoms with Crippen molar-refractivity contribution in [1.82, 2.24) is 0 Å². The van der Waals surface area contributed by atoms with Gasteiger partial charge in [-0.25, -0.2) is 14.6 Å². The minimum Gasteiger partial charge on any atom is -0.465 e. The Hall–Kier alpha value is -2.87. The normalized spacial score (nSPS) is 17.4. The first-order chi connectivity index (χ1) is 16.1. The van der Waals surface area contributed by atoms with E-state index < -0.39 is 11.6 Å². The lowest BCUT2D eigenvalue weighted by atomic mass is 9.95. The van der Waals surface area contributed by atoms with E-state index in [0.717, 1.165) is 43.0 Å². The van der Waals surface area contributed by atoms with E-state index >= 15 is 0 Å². The van der Waals surface area contributed by atoms with E-state index in [1.807, 2.05) is 39.8 Å². The zero-order chi connectivity index (χ0) is 25.0. The van der Waals surface area contributed by atoms with Crippen LogP contribution in [0.25, 0.3) is 0 Å². The minimum absolute atomic E-state index is 0.249. The van der Waals surface area contributed by atoms with Crippen LogP contribution < -0.4 is 9.80 Å². The van der Waals surface area contributed by atoms with Crippen molar-refractivity contribution in [3.8, 4) is 0 Å². The number of guanidine groups is 1. The molecule has 186 valence electrons. The lowest BCUT2D eigenvalue weighted by Crippen LogP contribution is -2.50. The van der Waals surface area contributed by atoms with E-state index in [1.165, 1.54) is 7.11 Å². The average Bonchev–Trinajstić information content (AvgIpc) is 3.08. The number of carbonyl (C=O) groups is 2. The molecule has 2 aliphatic rings. The number of ether oxygens (including phenoxy) is 3. The highest BCUT2D eigenvalue weighted by Gasteiger charge is 2.44. The second-order valence-electron chi connectivity index (χ2n) is 9.63. The Balaban J connectivity index is 2.14. The molecule has 0 radical (unpaired) electrons.